The van der Waals surface area contributed by atoms with E-state index in [4.69, 9.17) is 4.74 Å². The molecule has 0 saturated carbocycles. The van der Waals surface area contributed by atoms with Crippen molar-refractivity contribution in [2.24, 2.45) is 0 Å². The minimum absolute atomic E-state index is 0.129. The number of nitrogens with zero attached hydrogens (tertiary/aromatic N) is 3. The molecule has 1 N–H and O–H groups in total. The molecule has 0 aliphatic carbocycles. The van der Waals surface area contributed by atoms with Gasteiger partial charge in [-0.25, -0.2) is 9.97 Å². The lowest BCUT2D eigenvalue weighted by Gasteiger charge is -2.09. The third-order valence-corrected chi connectivity index (χ3v) is 3.64. The van der Waals surface area contributed by atoms with E-state index < -0.39 is 4.92 Å². The molecule has 1 aromatic carbocycles. The van der Waals surface area contributed by atoms with Gasteiger partial charge in [0.05, 0.1) is 16.9 Å². The molecule has 2 aromatic rings. The van der Waals surface area contributed by atoms with Crippen LogP contribution in [0.15, 0.2) is 40.5 Å². The van der Waals surface area contributed by atoms with E-state index in [1.165, 1.54) is 18.1 Å². The van der Waals surface area contributed by atoms with Crippen LogP contribution in [0.5, 0.6) is 5.75 Å². The molecule has 0 aliphatic heterocycles. The van der Waals surface area contributed by atoms with E-state index in [-0.39, 0.29) is 16.5 Å². The smallest absolute Gasteiger partial charge is 0.343 e. The first-order valence-electron chi connectivity index (χ1n) is 6.21. The molecule has 1 aromatic heterocycles. The fraction of sp³-hybridized carbons (Fsp3) is 0.231. The van der Waals surface area contributed by atoms with Crippen molar-refractivity contribution in [1.29, 1.82) is 0 Å². The molecular weight excluding hydrogens is 292 g/mol. The van der Waals surface area contributed by atoms with Crippen LogP contribution >= 0.6 is 11.8 Å². The summed E-state index contributed by atoms with van der Waals surface area (Å²) in [5, 5.41) is 14.5. The highest BCUT2D eigenvalue weighted by molar-refractivity contribution is 7.99. The van der Waals surface area contributed by atoms with Gasteiger partial charge in [0.25, 0.3) is 0 Å². The quantitative estimate of drug-likeness (QED) is 0.498. The summed E-state index contributed by atoms with van der Waals surface area (Å²) >= 11 is 1.18. The van der Waals surface area contributed by atoms with Gasteiger partial charge in [0.1, 0.15) is 12.1 Å². The maximum Gasteiger partial charge on any atom is 0.343 e. The second-order valence-corrected chi connectivity index (χ2v) is 4.95. The Hall–Kier alpha value is -2.35. The molecule has 0 saturated heterocycles. The van der Waals surface area contributed by atoms with Crippen LogP contribution in [0.4, 0.5) is 11.5 Å². The highest BCUT2D eigenvalue weighted by atomic mass is 32.2. The van der Waals surface area contributed by atoms with Gasteiger partial charge in [0.15, 0.2) is 5.03 Å². The van der Waals surface area contributed by atoms with Crippen molar-refractivity contribution in [3.8, 4) is 5.75 Å². The predicted molar refractivity (Wildman–Crippen MR) is 80.0 cm³/mol. The summed E-state index contributed by atoms with van der Waals surface area (Å²) in [6.45, 7) is 2.38. The van der Waals surface area contributed by atoms with Gasteiger partial charge in [-0.1, -0.05) is 23.9 Å². The highest BCUT2D eigenvalue weighted by Gasteiger charge is 2.24. The molecule has 0 fully saturated rings. The van der Waals surface area contributed by atoms with Crippen LogP contribution in [-0.4, -0.2) is 28.5 Å². The Morgan fingerprint density at radius 1 is 1.38 bits per heavy atom. The van der Waals surface area contributed by atoms with Crippen LogP contribution in [0.2, 0.25) is 0 Å². The van der Waals surface area contributed by atoms with Crippen molar-refractivity contribution in [3.05, 3.63) is 40.7 Å². The maximum absolute atomic E-state index is 11.3. The first-order valence-corrected chi connectivity index (χ1v) is 7.03. The number of hydrogen-bond donors (Lipinski definition) is 1. The van der Waals surface area contributed by atoms with Gasteiger partial charge < -0.3 is 10.1 Å². The van der Waals surface area contributed by atoms with Crippen molar-refractivity contribution in [2.45, 2.75) is 16.8 Å². The van der Waals surface area contributed by atoms with Crippen LogP contribution < -0.4 is 10.1 Å². The Morgan fingerprint density at radius 3 is 2.81 bits per heavy atom. The van der Waals surface area contributed by atoms with Crippen molar-refractivity contribution in [2.75, 3.05) is 19.0 Å². The first kappa shape index (κ1) is 15.0. The van der Waals surface area contributed by atoms with E-state index in [9.17, 15) is 10.1 Å². The summed E-state index contributed by atoms with van der Waals surface area (Å²) in [6.07, 6.45) is 1.31. The van der Waals surface area contributed by atoms with E-state index in [2.05, 4.69) is 15.3 Å². The number of hydrogen-bond acceptors (Lipinski definition) is 7. The topological polar surface area (TPSA) is 90.2 Å². The third kappa shape index (κ3) is 3.40. The van der Waals surface area contributed by atoms with E-state index in [0.717, 1.165) is 4.90 Å². The lowest BCUT2D eigenvalue weighted by molar-refractivity contribution is -0.387. The molecule has 110 valence electrons. The molecule has 1 heterocycles. The van der Waals surface area contributed by atoms with Gasteiger partial charge in [-0.2, -0.15) is 0 Å². The number of anilines is 1. The van der Waals surface area contributed by atoms with Gasteiger partial charge >= 0.3 is 5.69 Å². The van der Waals surface area contributed by atoms with Gasteiger partial charge in [-0.15, -0.1) is 0 Å². The Bertz CT molecular complexity index is 651. The maximum atomic E-state index is 11.3. The Balaban J connectivity index is 2.44. The first-order chi connectivity index (χ1) is 10.2. The number of aromatic nitrogens is 2. The number of nitro groups is 1. The SMILES string of the molecule is CCNc1ncnc(Sc2ccccc2OC)c1[N+](=O)[O-]. The highest BCUT2D eigenvalue weighted by Crippen LogP contribution is 2.39. The van der Waals surface area contributed by atoms with Crippen molar-refractivity contribution >= 4 is 23.3 Å². The van der Waals surface area contributed by atoms with Crippen LogP contribution in [-0.2, 0) is 0 Å². The summed E-state index contributed by atoms with van der Waals surface area (Å²) in [5.41, 5.74) is -0.129. The fourth-order valence-electron chi connectivity index (χ4n) is 1.71. The van der Waals surface area contributed by atoms with Gasteiger partial charge in [-0.3, -0.25) is 10.1 Å². The molecule has 7 nitrogen and oxygen atoms in total. The molecule has 0 radical (unpaired) electrons. The molecule has 0 aliphatic rings. The second kappa shape index (κ2) is 6.89. The fourth-order valence-corrected chi connectivity index (χ4v) is 2.68. The minimum atomic E-state index is -0.476. The predicted octanol–water partition coefficient (Wildman–Crippen LogP) is 2.98. The number of ether oxygens (including phenoxy) is 1. The molecule has 0 spiro atoms. The number of nitrogens with one attached hydrogen (secondary N) is 1. The number of para-hydroxylation sites is 1. The largest absolute Gasteiger partial charge is 0.496 e. The van der Waals surface area contributed by atoms with Crippen molar-refractivity contribution < 1.29 is 9.66 Å². The van der Waals surface area contributed by atoms with Crippen LogP contribution in [0.3, 0.4) is 0 Å². The average Bonchev–Trinajstić information content (AvgIpc) is 2.48. The van der Waals surface area contributed by atoms with E-state index >= 15 is 0 Å². The van der Waals surface area contributed by atoms with Crippen LogP contribution in [0.25, 0.3) is 0 Å². The average molecular weight is 306 g/mol. The number of methoxy groups -OCH3 is 1. The Kier molecular flexibility index (Phi) is 4.94. The van der Waals surface area contributed by atoms with E-state index in [1.54, 1.807) is 13.2 Å². The lowest BCUT2D eigenvalue weighted by Crippen LogP contribution is -2.05. The normalized spacial score (nSPS) is 10.2. The van der Waals surface area contributed by atoms with Crippen LogP contribution in [0, 0.1) is 10.1 Å². The van der Waals surface area contributed by atoms with E-state index in [0.29, 0.717) is 12.3 Å². The Labute approximate surface area is 125 Å². The van der Waals surface area contributed by atoms with Crippen molar-refractivity contribution in [1.82, 2.24) is 9.97 Å². The molecule has 21 heavy (non-hydrogen) atoms. The molecule has 8 heteroatoms. The van der Waals surface area contributed by atoms with Gasteiger partial charge in [0.2, 0.25) is 5.82 Å². The Morgan fingerprint density at radius 2 is 2.14 bits per heavy atom. The zero-order valence-electron chi connectivity index (χ0n) is 11.6. The summed E-state index contributed by atoms with van der Waals surface area (Å²) in [7, 11) is 1.55. The molecule has 0 unspecified atom stereocenters. The standard InChI is InChI=1S/C13H14N4O3S/c1-3-14-12-11(17(18)19)13(16-8-15-12)21-10-7-5-4-6-9(10)20-2/h4-8H,3H2,1-2H3,(H,14,15,16). The molecule has 0 bridgehead atoms. The third-order valence-electron chi connectivity index (χ3n) is 2.59. The van der Waals surface area contributed by atoms with Gasteiger partial charge in [0, 0.05) is 6.54 Å². The van der Waals surface area contributed by atoms with Crippen LogP contribution in [0.1, 0.15) is 6.92 Å². The summed E-state index contributed by atoms with van der Waals surface area (Å²) in [4.78, 5) is 19.5. The number of benzene rings is 1. The summed E-state index contributed by atoms with van der Waals surface area (Å²) in [5.74, 6) is 0.857. The number of rotatable bonds is 6. The van der Waals surface area contributed by atoms with E-state index in [1.807, 2.05) is 25.1 Å². The second-order valence-electron chi connectivity index (χ2n) is 3.92. The molecule has 2 rings (SSSR count). The zero-order valence-corrected chi connectivity index (χ0v) is 12.4. The molecule has 0 atom stereocenters. The van der Waals surface area contributed by atoms with Gasteiger partial charge in [-0.05, 0) is 19.1 Å². The molecule has 0 amide bonds. The lowest BCUT2D eigenvalue weighted by atomic mass is 10.3. The molecular formula is C13H14N4O3S. The summed E-state index contributed by atoms with van der Waals surface area (Å²) < 4.78 is 5.25. The van der Waals surface area contributed by atoms with Crippen molar-refractivity contribution in [3.63, 3.8) is 0 Å². The minimum Gasteiger partial charge on any atom is -0.496 e. The monoisotopic (exact) mass is 306 g/mol. The summed E-state index contributed by atoms with van der Waals surface area (Å²) in [6, 6.07) is 7.28. The zero-order chi connectivity index (χ0) is 15.2.